The second kappa shape index (κ2) is 4.11. The van der Waals surface area contributed by atoms with Crippen molar-refractivity contribution >= 4 is 0 Å². The highest BCUT2D eigenvalue weighted by atomic mass is 15.2. The van der Waals surface area contributed by atoms with Crippen LogP contribution in [0.3, 0.4) is 0 Å². The fourth-order valence-electron chi connectivity index (χ4n) is 1.82. The second-order valence-electron chi connectivity index (χ2n) is 3.90. The largest absolute Gasteiger partial charge is 0.334 e. The minimum atomic E-state index is 0.251. The van der Waals surface area contributed by atoms with Gasteiger partial charge in [-0.05, 0) is 27.9 Å². The van der Waals surface area contributed by atoms with Gasteiger partial charge < -0.3 is 10.3 Å². The molecule has 1 rings (SSSR count). The van der Waals surface area contributed by atoms with E-state index >= 15 is 0 Å². The fraction of sp³-hybridized carbons (Fsp3) is 0.700. The van der Waals surface area contributed by atoms with Crippen LogP contribution in [-0.2, 0) is 7.05 Å². The van der Waals surface area contributed by atoms with Gasteiger partial charge in [-0.15, -0.1) is 0 Å². The Balaban J connectivity index is 3.15. The van der Waals surface area contributed by atoms with Gasteiger partial charge in [0.05, 0.1) is 17.4 Å². The zero-order valence-corrected chi connectivity index (χ0v) is 9.70. The molecule has 80 valence electrons. The third-order valence-electron chi connectivity index (χ3n) is 2.71. The van der Waals surface area contributed by atoms with E-state index in [9.17, 15) is 0 Å². The van der Waals surface area contributed by atoms with Crippen LogP contribution in [0.1, 0.15) is 23.3 Å². The van der Waals surface area contributed by atoms with Gasteiger partial charge in [0, 0.05) is 13.6 Å². The second-order valence-corrected chi connectivity index (χ2v) is 3.90. The van der Waals surface area contributed by atoms with Gasteiger partial charge in [-0.3, -0.25) is 4.90 Å². The van der Waals surface area contributed by atoms with Gasteiger partial charge in [0.2, 0.25) is 0 Å². The Labute approximate surface area is 85.7 Å². The van der Waals surface area contributed by atoms with E-state index in [1.54, 1.807) is 0 Å². The van der Waals surface area contributed by atoms with E-state index in [1.807, 2.05) is 35.0 Å². The maximum Gasteiger partial charge on any atom is 0.105 e. The van der Waals surface area contributed by atoms with Gasteiger partial charge in [-0.1, -0.05) is 0 Å². The monoisotopic (exact) mass is 196 g/mol. The van der Waals surface area contributed by atoms with Crippen molar-refractivity contribution in [3.05, 3.63) is 17.2 Å². The molecule has 1 aromatic rings. The quantitative estimate of drug-likeness (QED) is 0.770. The molecular formula is C10H20N4. The molecule has 1 unspecified atom stereocenters. The molecule has 0 saturated carbocycles. The van der Waals surface area contributed by atoms with Crippen LogP contribution in [0.4, 0.5) is 0 Å². The summed E-state index contributed by atoms with van der Waals surface area (Å²) in [6.45, 7) is 4.67. The van der Waals surface area contributed by atoms with Crippen LogP contribution in [0.2, 0.25) is 0 Å². The number of hydrogen-bond acceptors (Lipinski definition) is 3. The molecule has 0 aromatic carbocycles. The Morgan fingerprint density at radius 1 is 1.43 bits per heavy atom. The summed E-state index contributed by atoms with van der Waals surface area (Å²) in [5.41, 5.74) is 8.07. The molecule has 0 saturated heterocycles. The van der Waals surface area contributed by atoms with Gasteiger partial charge in [-0.25, -0.2) is 4.98 Å². The van der Waals surface area contributed by atoms with Crippen molar-refractivity contribution in [2.45, 2.75) is 19.9 Å². The average Bonchev–Trinajstić information content (AvgIpc) is 2.32. The first-order valence-corrected chi connectivity index (χ1v) is 4.85. The molecule has 4 nitrogen and oxygen atoms in total. The Bertz CT molecular complexity index is 314. The third-order valence-corrected chi connectivity index (χ3v) is 2.71. The minimum Gasteiger partial charge on any atom is -0.334 e. The molecule has 0 fully saturated rings. The molecule has 0 aliphatic rings. The number of nitrogens with two attached hydrogens (primary N) is 1. The Morgan fingerprint density at radius 2 is 2.00 bits per heavy atom. The fourth-order valence-corrected chi connectivity index (χ4v) is 1.82. The van der Waals surface area contributed by atoms with E-state index in [-0.39, 0.29) is 6.04 Å². The number of aromatic nitrogens is 2. The number of imidazole rings is 1. The standard InChI is InChI=1S/C10H20N4/c1-7-10(9(6-11)13(3)4)14(5)8(2)12-7/h9H,6,11H2,1-5H3. The van der Waals surface area contributed by atoms with E-state index in [4.69, 9.17) is 5.73 Å². The molecule has 1 aromatic heterocycles. The normalized spacial score (nSPS) is 13.6. The van der Waals surface area contributed by atoms with Crippen molar-refractivity contribution in [3.63, 3.8) is 0 Å². The lowest BCUT2D eigenvalue weighted by molar-refractivity contribution is 0.294. The summed E-state index contributed by atoms with van der Waals surface area (Å²) in [7, 11) is 6.12. The smallest absolute Gasteiger partial charge is 0.105 e. The molecule has 4 heteroatoms. The highest BCUT2D eigenvalue weighted by Gasteiger charge is 2.19. The molecule has 1 atom stereocenters. The average molecular weight is 196 g/mol. The lowest BCUT2D eigenvalue weighted by atomic mass is 10.1. The van der Waals surface area contributed by atoms with Crippen LogP contribution >= 0.6 is 0 Å². The summed E-state index contributed by atoms with van der Waals surface area (Å²) in [6, 6.07) is 0.251. The lowest BCUT2D eigenvalue weighted by Gasteiger charge is -2.24. The van der Waals surface area contributed by atoms with Crippen molar-refractivity contribution in [2.24, 2.45) is 12.8 Å². The zero-order chi connectivity index (χ0) is 10.9. The topological polar surface area (TPSA) is 47.1 Å². The van der Waals surface area contributed by atoms with Gasteiger partial charge >= 0.3 is 0 Å². The van der Waals surface area contributed by atoms with Crippen LogP contribution in [0.15, 0.2) is 0 Å². The van der Waals surface area contributed by atoms with Crippen molar-refractivity contribution in [1.82, 2.24) is 14.5 Å². The molecule has 2 N–H and O–H groups in total. The summed E-state index contributed by atoms with van der Waals surface area (Å²) in [5, 5.41) is 0. The molecule has 1 heterocycles. The number of rotatable bonds is 3. The van der Waals surface area contributed by atoms with Crippen molar-refractivity contribution < 1.29 is 0 Å². The summed E-state index contributed by atoms with van der Waals surface area (Å²) in [6.07, 6.45) is 0. The van der Waals surface area contributed by atoms with Crippen molar-refractivity contribution in [3.8, 4) is 0 Å². The number of nitrogens with zero attached hydrogens (tertiary/aromatic N) is 3. The number of hydrogen-bond donors (Lipinski definition) is 1. The van der Waals surface area contributed by atoms with Crippen LogP contribution in [0, 0.1) is 13.8 Å². The molecule has 0 aliphatic carbocycles. The summed E-state index contributed by atoms with van der Waals surface area (Å²) in [4.78, 5) is 6.57. The van der Waals surface area contributed by atoms with E-state index < -0.39 is 0 Å². The van der Waals surface area contributed by atoms with E-state index in [0.29, 0.717) is 6.54 Å². The molecular weight excluding hydrogens is 176 g/mol. The summed E-state index contributed by atoms with van der Waals surface area (Å²) < 4.78 is 2.12. The molecule has 0 radical (unpaired) electrons. The van der Waals surface area contributed by atoms with Crippen LogP contribution in [0.5, 0.6) is 0 Å². The van der Waals surface area contributed by atoms with E-state index in [0.717, 1.165) is 11.5 Å². The van der Waals surface area contributed by atoms with E-state index in [2.05, 4.69) is 14.5 Å². The van der Waals surface area contributed by atoms with Gasteiger partial charge in [-0.2, -0.15) is 0 Å². The minimum absolute atomic E-state index is 0.251. The van der Waals surface area contributed by atoms with Crippen LogP contribution < -0.4 is 5.73 Å². The van der Waals surface area contributed by atoms with Crippen LogP contribution in [-0.4, -0.2) is 35.1 Å². The first-order valence-electron chi connectivity index (χ1n) is 4.85. The molecule has 0 aliphatic heterocycles. The molecule has 14 heavy (non-hydrogen) atoms. The number of likely N-dealkylation sites (N-methyl/N-ethyl adjacent to an activating group) is 1. The Hall–Kier alpha value is -0.870. The van der Waals surface area contributed by atoms with Crippen LogP contribution in [0.25, 0.3) is 0 Å². The highest BCUT2D eigenvalue weighted by molar-refractivity contribution is 5.19. The Morgan fingerprint density at radius 3 is 2.29 bits per heavy atom. The predicted octanol–water partition coefficient (Wildman–Crippen LogP) is 0.598. The molecule has 0 bridgehead atoms. The summed E-state index contributed by atoms with van der Waals surface area (Å²) >= 11 is 0. The zero-order valence-electron chi connectivity index (χ0n) is 9.70. The van der Waals surface area contributed by atoms with Gasteiger partial charge in [0.25, 0.3) is 0 Å². The Kier molecular flexibility index (Phi) is 3.29. The maximum absolute atomic E-state index is 5.77. The summed E-state index contributed by atoms with van der Waals surface area (Å²) in [5.74, 6) is 1.04. The first kappa shape index (κ1) is 11.2. The highest BCUT2D eigenvalue weighted by Crippen LogP contribution is 2.20. The predicted molar refractivity (Wildman–Crippen MR) is 58.2 cm³/mol. The molecule has 0 amide bonds. The third kappa shape index (κ3) is 1.81. The van der Waals surface area contributed by atoms with Gasteiger partial charge in [0.15, 0.2) is 0 Å². The molecule has 0 spiro atoms. The SMILES string of the molecule is Cc1nc(C)n(C)c1C(CN)N(C)C. The first-order chi connectivity index (χ1) is 6.49. The maximum atomic E-state index is 5.77. The van der Waals surface area contributed by atoms with Crippen molar-refractivity contribution in [2.75, 3.05) is 20.6 Å². The van der Waals surface area contributed by atoms with E-state index in [1.165, 1.54) is 5.69 Å². The van der Waals surface area contributed by atoms with Crippen molar-refractivity contribution in [1.29, 1.82) is 0 Å². The van der Waals surface area contributed by atoms with Gasteiger partial charge in [0.1, 0.15) is 5.82 Å². The number of aryl methyl sites for hydroxylation is 2. The lowest BCUT2D eigenvalue weighted by Crippen LogP contribution is -2.29.